The van der Waals surface area contributed by atoms with Crippen LogP contribution in [0.2, 0.25) is 0 Å². The minimum absolute atomic E-state index is 0. The number of methoxy groups -OCH3 is 1. The van der Waals surface area contributed by atoms with E-state index >= 15 is 0 Å². The molecule has 0 aliphatic rings. The topological polar surface area (TPSA) is 67.6 Å². The number of hydrogen-bond acceptors (Lipinski definition) is 4. The number of nitrogens with zero attached hydrogens (tertiary/aromatic N) is 5. The summed E-state index contributed by atoms with van der Waals surface area (Å²) in [6.45, 7) is 7.01. The Morgan fingerprint density at radius 2 is 2.14 bits per heavy atom. The summed E-state index contributed by atoms with van der Waals surface area (Å²) in [7, 11) is 5.71. The van der Waals surface area contributed by atoms with Gasteiger partial charge in [0.25, 0.3) is 0 Å². The zero-order valence-electron chi connectivity index (χ0n) is 14.3. The normalized spacial score (nSPS) is 11.2. The predicted molar refractivity (Wildman–Crippen MR) is 99.7 cm³/mol. The highest BCUT2D eigenvalue weighted by molar-refractivity contribution is 14.0. The molecule has 0 aromatic carbocycles. The summed E-state index contributed by atoms with van der Waals surface area (Å²) < 4.78 is 7.04. The van der Waals surface area contributed by atoms with Crippen LogP contribution in [0.4, 0.5) is 0 Å². The van der Waals surface area contributed by atoms with Crippen molar-refractivity contribution in [2.45, 2.75) is 33.2 Å². The molecule has 1 rings (SSSR count). The highest BCUT2D eigenvalue weighted by Crippen LogP contribution is 2.01. The van der Waals surface area contributed by atoms with Gasteiger partial charge in [0.05, 0.1) is 6.61 Å². The van der Waals surface area contributed by atoms with Gasteiger partial charge in [-0.15, -0.1) is 34.2 Å². The Hall–Kier alpha value is -0.900. The first-order chi connectivity index (χ1) is 10.1. The lowest BCUT2D eigenvalue weighted by Crippen LogP contribution is -2.41. The van der Waals surface area contributed by atoms with Crippen LogP contribution in [0, 0.1) is 6.92 Å². The molecule has 0 aliphatic heterocycles. The van der Waals surface area contributed by atoms with Crippen molar-refractivity contribution in [3.05, 3.63) is 11.6 Å². The van der Waals surface area contributed by atoms with Crippen LogP contribution in [0.5, 0.6) is 0 Å². The van der Waals surface area contributed by atoms with Gasteiger partial charge in [-0.3, -0.25) is 0 Å². The van der Waals surface area contributed by atoms with E-state index in [9.17, 15) is 0 Å². The molecule has 128 valence electrons. The van der Waals surface area contributed by atoms with Gasteiger partial charge in [-0.1, -0.05) is 13.3 Å². The number of nitrogens with one attached hydrogen (secondary N) is 1. The van der Waals surface area contributed by atoms with Gasteiger partial charge in [0.1, 0.15) is 12.4 Å². The van der Waals surface area contributed by atoms with Gasteiger partial charge in [-0.25, -0.2) is 4.99 Å². The molecule has 0 unspecified atom stereocenters. The van der Waals surface area contributed by atoms with E-state index in [1.54, 1.807) is 7.11 Å². The molecule has 0 spiro atoms. The molecule has 1 aromatic rings. The fourth-order valence-corrected chi connectivity index (χ4v) is 1.81. The van der Waals surface area contributed by atoms with Crippen molar-refractivity contribution >= 4 is 29.9 Å². The number of aliphatic imine (C=N–C) groups is 1. The fourth-order valence-electron chi connectivity index (χ4n) is 1.81. The third-order valence-electron chi connectivity index (χ3n) is 3.35. The Morgan fingerprint density at radius 1 is 1.41 bits per heavy atom. The molecule has 0 fully saturated rings. The lowest BCUT2D eigenvalue weighted by Gasteiger charge is -2.22. The second-order valence-corrected chi connectivity index (χ2v) is 5.06. The lowest BCUT2D eigenvalue weighted by atomic mass is 10.3. The maximum Gasteiger partial charge on any atom is 0.194 e. The molecule has 7 nitrogen and oxygen atoms in total. The third-order valence-corrected chi connectivity index (χ3v) is 3.35. The Labute approximate surface area is 150 Å². The summed E-state index contributed by atoms with van der Waals surface area (Å²) in [5, 5.41) is 11.5. The van der Waals surface area contributed by atoms with E-state index in [4.69, 9.17) is 4.74 Å². The van der Waals surface area contributed by atoms with Gasteiger partial charge in [-0.2, -0.15) is 0 Å². The molecule has 0 saturated carbocycles. The van der Waals surface area contributed by atoms with E-state index in [1.807, 2.05) is 18.5 Å². The van der Waals surface area contributed by atoms with E-state index in [1.165, 1.54) is 0 Å². The summed E-state index contributed by atoms with van der Waals surface area (Å²) in [6, 6.07) is 0. The molecule has 0 saturated heterocycles. The smallest absolute Gasteiger partial charge is 0.194 e. The number of hydrogen-bond donors (Lipinski definition) is 1. The van der Waals surface area contributed by atoms with Crippen LogP contribution in [-0.4, -0.2) is 59.5 Å². The number of guanidine groups is 1. The third kappa shape index (κ3) is 6.91. The largest absolute Gasteiger partial charge is 0.383 e. The number of aromatic nitrogens is 3. The zero-order chi connectivity index (χ0) is 15.7. The van der Waals surface area contributed by atoms with E-state index in [-0.39, 0.29) is 24.0 Å². The maximum absolute atomic E-state index is 5.08. The molecule has 0 radical (unpaired) electrons. The number of halogens is 1. The molecule has 0 atom stereocenters. The van der Waals surface area contributed by atoms with Crippen molar-refractivity contribution < 1.29 is 4.74 Å². The first-order valence-electron chi connectivity index (χ1n) is 7.43. The molecule has 8 heteroatoms. The van der Waals surface area contributed by atoms with Crippen molar-refractivity contribution in [3.63, 3.8) is 0 Å². The molecule has 1 N–H and O–H groups in total. The molecule has 22 heavy (non-hydrogen) atoms. The van der Waals surface area contributed by atoms with Gasteiger partial charge in [0.2, 0.25) is 0 Å². The van der Waals surface area contributed by atoms with Crippen molar-refractivity contribution in [1.29, 1.82) is 0 Å². The van der Waals surface area contributed by atoms with Crippen molar-refractivity contribution in [2.75, 3.05) is 33.9 Å². The second kappa shape index (κ2) is 11.6. The monoisotopic (exact) mass is 424 g/mol. The predicted octanol–water partition coefficient (Wildman–Crippen LogP) is 1.57. The van der Waals surface area contributed by atoms with Crippen LogP contribution in [-0.2, 0) is 18.3 Å². The van der Waals surface area contributed by atoms with Crippen LogP contribution in [0.25, 0.3) is 0 Å². The number of unbranched alkanes of at least 4 members (excludes halogenated alkanes) is 1. The minimum Gasteiger partial charge on any atom is -0.383 e. The van der Waals surface area contributed by atoms with Gasteiger partial charge >= 0.3 is 0 Å². The molecular weight excluding hydrogens is 395 g/mol. The first-order valence-corrected chi connectivity index (χ1v) is 7.43. The maximum atomic E-state index is 5.08. The summed E-state index contributed by atoms with van der Waals surface area (Å²) >= 11 is 0. The Kier molecular flexibility index (Phi) is 11.2. The average Bonchev–Trinajstić information content (AvgIpc) is 2.80. The van der Waals surface area contributed by atoms with Gasteiger partial charge < -0.3 is 19.5 Å². The quantitative estimate of drug-likeness (QED) is 0.297. The highest BCUT2D eigenvalue weighted by atomic mass is 127. The SMILES string of the molecule is CCCCN(C)C(=NCc1nnc(C)n1C)NCCOC.I. The minimum atomic E-state index is 0. The molecular formula is C14H29IN6O. The van der Waals surface area contributed by atoms with Gasteiger partial charge in [0, 0.05) is 34.3 Å². The summed E-state index contributed by atoms with van der Waals surface area (Å²) in [6.07, 6.45) is 2.31. The lowest BCUT2D eigenvalue weighted by molar-refractivity contribution is 0.203. The Bertz CT molecular complexity index is 449. The first kappa shape index (κ1) is 21.1. The van der Waals surface area contributed by atoms with Crippen LogP contribution >= 0.6 is 24.0 Å². The van der Waals surface area contributed by atoms with Crippen LogP contribution in [0.3, 0.4) is 0 Å². The number of rotatable bonds is 8. The van der Waals surface area contributed by atoms with Crippen LogP contribution in [0.1, 0.15) is 31.4 Å². The standard InChI is InChI=1S/C14H28N6O.HI/c1-6-7-9-19(3)14(15-8-10-21-5)16-11-13-18-17-12(2)20(13)4;/h6-11H2,1-5H3,(H,15,16);1H. The van der Waals surface area contributed by atoms with Crippen LogP contribution < -0.4 is 5.32 Å². The zero-order valence-corrected chi connectivity index (χ0v) is 16.6. The average molecular weight is 424 g/mol. The van der Waals surface area contributed by atoms with Gasteiger partial charge in [-0.05, 0) is 13.3 Å². The highest BCUT2D eigenvalue weighted by Gasteiger charge is 2.08. The molecule has 0 aliphatic carbocycles. The molecule has 0 bridgehead atoms. The Balaban J connectivity index is 0.00000441. The van der Waals surface area contributed by atoms with Crippen molar-refractivity contribution in [1.82, 2.24) is 25.0 Å². The summed E-state index contributed by atoms with van der Waals surface area (Å²) in [5.41, 5.74) is 0. The fraction of sp³-hybridized carbons (Fsp3) is 0.786. The summed E-state index contributed by atoms with van der Waals surface area (Å²) in [4.78, 5) is 6.79. The molecule has 1 aromatic heterocycles. The van der Waals surface area contributed by atoms with E-state index in [2.05, 4.69) is 39.4 Å². The molecule has 1 heterocycles. The van der Waals surface area contributed by atoms with E-state index in [0.29, 0.717) is 13.2 Å². The summed E-state index contributed by atoms with van der Waals surface area (Å²) in [5.74, 6) is 2.64. The number of ether oxygens (including phenoxy) is 1. The second-order valence-electron chi connectivity index (χ2n) is 5.06. The molecule has 0 amide bonds. The van der Waals surface area contributed by atoms with Gasteiger partial charge in [0.15, 0.2) is 11.8 Å². The number of aryl methyl sites for hydroxylation is 1. The van der Waals surface area contributed by atoms with Crippen molar-refractivity contribution in [3.8, 4) is 0 Å². The Morgan fingerprint density at radius 3 is 2.68 bits per heavy atom. The van der Waals surface area contributed by atoms with E-state index in [0.717, 1.165) is 43.5 Å². The van der Waals surface area contributed by atoms with E-state index < -0.39 is 0 Å². The van der Waals surface area contributed by atoms with Crippen LogP contribution in [0.15, 0.2) is 4.99 Å². The van der Waals surface area contributed by atoms with Crippen molar-refractivity contribution in [2.24, 2.45) is 12.0 Å².